The summed E-state index contributed by atoms with van der Waals surface area (Å²) >= 11 is 2.05. The van der Waals surface area contributed by atoms with Crippen LogP contribution in [0.25, 0.3) is 0 Å². The first-order valence-electron chi connectivity index (χ1n) is 7.88. The molecule has 1 atom stereocenters. The number of hydrogen-bond acceptors (Lipinski definition) is 5. The van der Waals surface area contributed by atoms with E-state index in [2.05, 4.69) is 21.6 Å². The van der Waals surface area contributed by atoms with Crippen molar-refractivity contribution in [2.75, 3.05) is 45.1 Å². The van der Waals surface area contributed by atoms with Gasteiger partial charge in [-0.15, -0.1) is 11.8 Å². The van der Waals surface area contributed by atoms with Gasteiger partial charge in [0.15, 0.2) is 0 Å². The zero-order valence-electron chi connectivity index (χ0n) is 12.9. The lowest BCUT2D eigenvalue weighted by molar-refractivity contribution is 0.0136. The highest BCUT2D eigenvalue weighted by molar-refractivity contribution is 8.01. The van der Waals surface area contributed by atoms with Gasteiger partial charge in [0, 0.05) is 51.2 Å². The summed E-state index contributed by atoms with van der Waals surface area (Å²) < 4.78 is 7.55. The maximum Gasteiger partial charge on any atom is 0.274 e. The molecule has 4 heterocycles. The van der Waals surface area contributed by atoms with Crippen LogP contribution in [-0.2, 0) is 11.8 Å². The number of aromatic nitrogens is 2. The molecule has 120 valence electrons. The number of hydrogen-bond donors (Lipinski definition) is 0. The minimum Gasteiger partial charge on any atom is -0.379 e. The van der Waals surface area contributed by atoms with E-state index in [1.54, 1.807) is 12.5 Å². The average molecular weight is 322 g/mol. The topological polar surface area (TPSA) is 50.6 Å². The predicted molar refractivity (Wildman–Crippen MR) is 85.1 cm³/mol. The second-order valence-corrected chi connectivity index (χ2v) is 8.07. The van der Waals surface area contributed by atoms with E-state index in [1.807, 2.05) is 16.5 Å². The van der Waals surface area contributed by atoms with Crippen LogP contribution < -0.4 is 0 Å². The van der Waals surface area contributed by atoms with Crippen molar-refractivity contribution < 1.29 is 9.53 Å². The van der Waals surface area contributed by atoms with Crippen LogP contribution in [-0.4, -0.2) is 81.2 Å². The highest BCUT2D eigenvalue weighted by atomic mass is 32.2. The second kappa shape index (κ2) is 5.54. The Balaban J connectivity index is 1.34. The molecule has 0 saturated carbocycles. The number of nitrogens with zero attached hydrogens (tertiary/aromatic N) is 4. The third kappa shape index (κ3) is 2.55. The Bertz CT molecular complexity index is 564. The Morgan fingerprint density at radius 2 is 2.18 bits per heavy atom. The van der Waals surface area contributed by atoms with Gasteiger partial charge < -0.3 is 14.2 Å². The van der Waals surface area contributed by atoms with Crippen molar-refractivity contribution in [3.05, 3.63) is 18.2 Å². The molecule has 0 radical (unpaired) electrons. The van der Waals surface area contributed by atoms with E-state index in [9.17, 15) is 4.79 Å². The summed E-state index contributed by atoms with van der Waals surface area (Å²) in [5, 5.41) is 0. The first-order valence-corrected chi connectivity index (χ1v) is 8.87. The standard InChI is InChI=1S/C15H22N4O2S/c1-17-7-13(16-11-17)14(20)19-9-15(10-19)6-12(8-22-15)18-2-4-21-5-3-18/h7,11-12H,2-6,8-10H2,1H3. The Labute approximate surface area is 134 Å². The number of morpholine rings is 1. The van der Waals surface area contributed by atoms with Gasteiger partial charge in [-0.3, -0.25) is 9.69 Å². The molecule has 0 aliphatic carbocycles. The van der Waals surface area contributed by atoms with Gasteiger partial charge in [0.25, 0.3) is 5.91 Å². The van der Waals surface area contributed by atoms with Crippen LogP contribution in [0, 0.1) is 0 Å². The molecule has 3 fully saturated rings. The maximum atomic E-state index is 12.4. The van der Waals surface area contributed by atoms with Gasteiger partial charge in [0.2, 0.25) is 0 Å². The summed E-state index contributed by atoms with van der Waals surface area (Å²) in [6.45, 7) is 5.56. The van der Waals surface area contributed by atoms with E-state index in [1.165, 1.54) is 12.2 Å². The fourth-order valence-electron chi connectivity index (χ4n) is 3.70. The number of thioether (sulfide) groups is 1. The lowest BCUT2D eigenvalue weighted by atomic mass is 9.91. The van der Waals surface area contributed by atoms with Crippen LogP contribution in [0.3, 0.4) is 0 Å². The van der Waals surface area contributed by atoms with E-state index >= 15 is 0 Å². The van der Waals surface area contributed by atoms with E-state index in [4.69, 9.17) is 4.74 Å². The van der Waals surface area contributed by atoms with Gasteiger partial charge in [-0.05, 0) is 6.42 Å². The molecule has 22 heavy (non-hydrogen) atoms. The average Bonchev–Trinajstić information content (AvgIpc) is 3.12. The summed E-state index contributed by atoms with van der Waals surface area (Å²) in [4.78, 5) is 21.0. The van der Waals surface area contributed by atoms with Crippen LogP contribution >= 0.6 is 11.8 Å². The molecule has 1 aromatic heterocycles. The van der Waals surface area contributed by atoms with Gasteiger partial charge in [0.05, 0.1) is 24.3 Å². The molecule has 0 bridgehead atoms. The predicted octanol–water partition coefficient (Wildman–Crippen LogP) is 0.452. The summed E-state index contributed by atoms with van der Waals surface area (Å²) in [5.41, 5.74) is 0.560. The van der Waals surface area contributed by atoms with Crippen molar-refractivity contribution in [1.82, 2.24) is 19.4 Å². The van der Waals surface area contributed by atoms with E-state index in [0.717, 1.165) is 39.4 Å². The zero-order valence-corrected chi connectivity index (χ0v) is 13.7. The van der Waals surface area contributed by atoms with Crippen LogP contribution in [0.2, 0.25) is 0 Å². The molecule has 1 aromatic rings. The van der Waals surface area contributed by atoms with Gasteiger partial charge in [0.1, 0.15) is 5.69 Å². The molecular formula is C15H22N4O2S. The van der Waals surface area contributed by atoms with Crippen LogP contribution in [0.4, 0.5) is 0 Å². The minimum atomic E-state index is 0.0710. The Morgan fingerprint density at radius 3 is 2.86 bits per heavy atom. The number of aryl methyl sites for hydroxylation is 1. The molecule has 3 aliphatic rings. The number of carbonyl (C=O) groups is 1. The molecule has 1 unspecified atom stereocenters. The number of carbonyl (C=O) groups excluding carboxylic acids is 1. The van der Waals surface area contributed by atoms with E-state index in [-0.39, 0.29) is 10.7 Å². The van der Waals surface area contributed by atoms with Crippen molar-refractivity contribution >= 4 is 17.7 Å². The van der Waals surface area contributed by atoms with Crippen LogP contribution in [0.5, 0.6) is 0 Å². The molecule has 3 aliphatic heterocycles. The first kappa shape index (κ1) is 14.5. The van der Waals surface area contributed by atoms with Crippen molar-refractivity contribution in [2.24, 2.45) is 7.05 Å². The van der Waals surface area contributed by atoms with Crippen molar-refractivity contribution in [1.29, 1.82) is 0 Å². The molecule has 3 saturated heterocycles. The van der Waals surface area contributed by atoms with Crippen molar-refractivity contribution in [3.8, 4) is 0 Å². The summed E-state index contributed by atoms with van der Waals surface area (Å²) in [6.07, 6.45) is 4.68. The molecule has 6 nitrogen and oxygen atoms in total. The highest BCUT2D eigenvalue weighted by Gasteiger charge is 2.51. The van der Waals surface area contributed by atoms with E-state index < -0.39 is 0 Å². The lowest BCUT2D eigenvalue weighted by Gasteiger charge is -2.47. The number of imidazole rings is 1. The van der Waals surface area contributed by atoms with Gasteiger partial charge in [-0.1, -0.05) is 0 Å². The first-order chi connectivity index (χ1) is 10.7. The zero-order chi connectivity index (χ0) is 15.2. The van der Waals surface area contributed by atoms with Gasteiger partial charge in [-0.2, -0.15) is 0 Å². The summed E-state index contributed by atoms with van der Waals surface area (Å²) in [7, 11) is 1.89. The highest BCUT2D eigenvalue weighted by Crippen LogP contribution is 2.46. The molecule has 1 amide bonds. The Kier molecular flexibility index (Phi) is 3.66. The van der Waals surface area contributed by atoms with Gasteiger partial charge >= 0.3 is 0 Å². The largest absolute Gasteiger partial charge is 0.379 e. The minimum absolute atomic E-state index is 0.0710. The maximum absolute atomic E-state index is 12.4. The smallest absolute Gasteiger partial charge is 0.274 e. The van der Waals surface area contributed by atoms with Crippen molar-refractivity contribution in [2.45, 2.75) is 17.2 Å². The second-order valence-electron chi connectivity index (χ2n) is 6.59. The number of amides is 1. The quantitative estimate of drug-likeness (QED) is 0.791. The summed E-state index contributed by atoms with van der Waals surface area (Å²) in [6, 6.07) is 0.654. The monoisotopic (exact) mass is 322 g/mol. The normalized spacial score (nSPS) is 28.0. The molecule has 7 heteroatoms. The Hall–Kier alpha value is -1.05. The fraction of sp³-hybridized carbons (Fsp3) is 0.733. The molecule has 1 spiro atoms. The molecular weight excluding hydrogens is 300 g/mol. The molecule has 0 N–H and O–H groups in total. The summed E-state index contributed by atoms with van der Waals surface area (Å²) in [5.74, 6) is 1.26. The number of likely N-dealkylation sites (tertiary alicyclic amines) is 1. The third-order valence-corrected chi connectivity index (χ3v) is 6.51. The number of ether oxygens (including phenoxy) is 1. The van der Waals surface area contributed by atoms with Crippen LogP contribution in [0.15, 0.2) is 12.5 Å². The Morgan fingerprint density at radius 1 is 1.41 bits per heavy atom. The number of rotatable bonds is 2. The van der Waals surface area contributed by atoms with Crippen molar-refractivity contribution in [3.63, 3.8) is 0 Å². The van der Waals surface area contributed by atoms with Gasteiger partial charge in [-0.25, -0.2) is 4.98 Å². The lowest BCUT2D eigenvalue weighted by Crippen LogP contribution is -2.61. The van der Waals surface area contributed by atoms with E-state index in [0.29, 0.717) is 11.7 Å². The SMILES string of the molecule is Cn1cnc(C(=O)N2CC3(CC(N4CCOCC4)CS3)C2)c1. The molecule has 4 rings (SSSR count). The third-order valence-electron chi connectivity index (χ3n) is 4.92. The van der Waals surface area contributed by atoms with Crippen LogP contribution in [0.1, 0.15) is 16.9 Å². The molecule has 0 aromatic carbocycles. The fourth-order valence-corrected chi connectivity index (χ4v) is 5.38.